The van der Waals surface area contributed by atoms with Crippen LogP contribution in [-0.4, -0.2) is 11.0 Å². The van der Waals surface area contributed by atoms with E-state index in [1.807, 2.05) is 48.5 Å². The molecule has 0 radical (unpaired) electrons. The van der Waals surface area contributed by atoms with Gasteiger partial charge in [0.2, 0.25) is 0 Å². The summed E-state index contributed by atoms with van der Waals surface area (Å²) in [5.41, 5.74) is 9.73. The Morgan fingerprint density at radius 1 is 0.958 bits per heavy atom. The molecule has 3 rings (SSSR count). The molecule has 4 nitrogen and oxygen atoms in total. The number of phenolic OH excluding ortho intramolecular Hbond substituents is 1. The zero-order chi connectivity index (χ0) is 16.9. The second-order valence-corrected chi connectivity index (χ2v) is 5.58. The van der Waals surface area contributed by atoms with Crippen LogP contribution in [-0.2, 0) is 6.42 Å². The Morgan fingerprint density at radius 3 is 2.46 bits per heavy atom. The highest BCUT2D eigenvalue weighted by molar-refractivity contribution is 6.04. The molecule has 3 aromatic carbocycles. The van der Waals surface area contributed by atoms with Gasteiger partial charge in [-0.15, -0.1) is 0 Å². The number of nitrogens with two attached hydrogens (primary N) is 1. The van der Waals surface area contributed by atoms with E-state index in [1.165, 1.54) is 12.1 Å². The van der Waals surface area contributed by atoms with Crippen LogP contribution in [0.15, 0.2) is 72.8 Å². The molecule has 0 atom stereocenters. The maximum Gasteiger partial charge on any atom is 0.255 e. The van der Waals surface area contributed by atoms with Gasteiger partial charge in [-0.05, 0) is 53.9 Å². The lowest BCUT2D eigenvalue weighted by atomic mass is 10.0. The van der Waals surface area contributed by atoms with Crippen molar-refractivity contribution in [3.63, 3.8) is 0 Å². The third-order valence-corrected chi connectivity index (χ3v) is 3.75. The van der Waals surface area contributed by atoms with E-state index >= 15 is 0 Å². The van der Waals surface area contributed by atoms with E-state index in [9.17, 15) is 9.90 Å². The summed E-state index contributed by atoms with van der Waals surface area (Å²) < 4.78 is 0. The standard InChI is InChI=1S/C20H18N2O2/c21-17-10-8-14(9-11-17)12-15-4-1-2-7-19(15)22-20(24)16-5-3-6-18(23)13-16/h1-11,13,23H,12,21H2,(H,22,24). The number of aromatic hydroxyl groups is 1. The monoisotopic (exact) mass is 318 g/mol. The number of amides is 1. The van der Waals surface area contributed by atoms with Gasteiger partial charge in [-0.3, -0.25) is 4.79 Å². The molecule has 0 aliphatic rings. The number of rotatable bonds is 4. The van der Waals surface area contributed by atoms with Gasteiger partial charge in [-0.1, -0.05) is 36.4 Å². The molecule has 0 heterocycles. The van der Waals surface area contributed by atoms with Crippen LogP contribution in [0.3, 0.4) is 0 Å². The van der Waals surface area contributed by atoms with Crippen molar-refractivity contribution in [3.05, 3.63) is 89.5 Å². The Labute approximate surface area is 140 Å². The van der Waals surface area contributed by atoms with Crippen molar-refractivity contribution < 1.29 is 9.90 Å². The summed E-state index contributed by atoms with van der Waals surface area (Å²) >= 11 is 0. The van der Waals surface area contributed by atoms with Crippen LogP contribution in [0.4, 0.5) is 11.4 Å². The highest BCUT2D eigenvalue weighted by Crippen LogP contribution is 2.21. The molecule has 0 saturated heterocycles. The fourth-order valence-corrected chi connectivity index (χ4v) is 2.49. The second-order valence-electron chi connectivity index (χ2n) is 5.58. The lowest BCUT2D eigenvalue weighted by molar-refractivity contribution is 0.102. The fourth-order valence-electron chi connectivity index (χ4n) is 2.49. The first kappa shape index (κ1) is 15.6. The first-order chi connectivity index (χ1) is 11.6. The minimum Gasteiger partial charge on any atom is -0.508 e. The summed E-state index contributed by atoms with van der Waals surface area (Å²) in [6, 6.07) is 21.6. The average Bonchev–Trinajstić information content (AvgIpc) is 2.58. The Bertz CT molecular complexity index is 858. The van der Waals surface area contributed by atoms with E-state index in [0.29, 0.717) is 12.0 Å². The van der Waals surface area contributed by atoms with E-state index in [-0.39, 0.29) is 11.7 Å². The SMILES string of the molecule is Nc1ccc(Cc2ccccc2NC(=O)c2cccc(O)c2)cc1. The van der Waals surface area contributed by atoms with Crippen molar-refractivity contribution >= 4 is 17.3 Å². The van der Waals surface area contributed by atoms with Crippen LogP contribution in [0.2, 0.25) is 0 Å². The van der Waals surface area contributed by atoms with Crippen LogP contribution in [0.5, 0.6) is 5.75 Å². The van der Waals surface area contributed by atoms with Gasteiger partial charge in [-0.2, -0.15) is 0 Å². The molecule has 0 aliphatic carbocycles. The van der Waals surface area contributed by atoms with Gasteiger partial charge >= 0.3 is 0 Å². The minimum atomic E-state index is -0.254. The molecule has 1 amide bonds. The summed E-state index contributed by atoms with van der Waals surface area (Å²) in [6.45, 7) is 0. The van der Waals surface area contributed by atoms with Crippen molar-refractivity contribution in [2.24, 2.45) is 0 Å². The summed E-state index contributed by atoms with van der Waals surface area (Å²) in [7, 11) is 0. The van der Waals surface area contributed by atoms with E-state index < -0.39 is 0 Å². The smallest absolute Gasteiger partial charge is 0.255 e. The molecular weight excluding hydrogens is 300 g/mol. The number of carbonyl (C=O) groups is 1. The highest BCUT2D eigenvalue weighted by Gasteiger charge is 2.10. The van der Waals surface area contributed by atoms with Gasteiger partial charge in [0.05, 0.1) is 0 Å². The summed E-state index contributed by atoms with van der Waals surface area (Å²) in [5, 5.41) is 12.4. The van der Waals surface area contributed by atoms with Crippen molar-refractivity contribution in [2.45, 2.75) is 6.42 Å². The topological polar surface area (TPSA) is 75.3 Å². The van der Waals surface area contributed by atoms with Crippen LogP contribution in [0.1, 0.15) is 21.5 Å². The predicted molar refractivity (Wildman–Crippen MR) is 96.2 cm³/mol. The molecule has 0 aliphatic heterocycles. The van der Waals surface area contributed by atoms with E-state index in [2.05, 4.69) is 5.32 Å². The first-order valence-electron chi connectivity index (χ1n) is 7.64. The maximum atomic E-state index is 12.4. The van der Waals surface area contributed by atoms with Gasteiger partial charge in [0.1, 0.15) is 5.75 Å². The van der Waals surface area contributed by atoms with Crippen molar-refractivity contribution in [1.29, 1.82) is 0 Å². The normalized spacial score (nSPS) is 10.3. The first-order valence-corrected chi connectivity index (χ1v) is 7.64. The lowest BCUT2D eigenvalue weighted by Gasteiger charge is -2.11. The van der Waals surface area contributed by atoms with Gasteiger partial charge < -0.3 is 16.2 Å². The fraction of sp³-hybridized carbons (Fsp3) is 0.0500. The quantitative estimate of drug-likeness (QED) is 0.640. The van der Waals surface area contributed by atoms with Crippen LogP contribution < -0.4 is 11.1 Å². The number of phenols is 1. The van der Waals surface area contributed by atoms with E-state index in [4.69, 9.17) is 5.73 Å². The lowest BCUT2D eigenvalue weighted by Crippen LogP contribution is -2.13. The molecule has 0 saturated carbocycles. The number of anilines is 2. The van der Waals surface area contributed by atoms with Gasteiger partial charge in [0, 0.05) is 16.9 Å². The summed E-state index contributed by atoms with van der Waals surface area (Å²) in [6.07, 6.45) is 0.691. The number of nitrogens with one attached hydrogen (secondary N) is 1. The third kappa shape index (κ3) is 3.73. The Morgan fingerprint density at radius 2 is 1.71 bits per heavy atom. The molecule has 24 heavy (non-hydrogen) atoms. The van der Waals surface area contributed by atoms with Crippen LogP contribution in [0, 0.1) is 0 Å². The third-order valence-electron chi connectivity index (χ3n) is 3.75. The minimum absolute atomic E-state index is 0.0674. The molecule has 0 spiro atoms. The number of benzene rings is 3. The maximum absolute atomic E-state index is 12.4. The molecule has 0 aromatic heterocycles. The largest absolute Gasteiger partial charge is 0.508 e. The number of carbonyl (C=O) groups excluding carboxylic acids is 1. The number of hydrogen-bond acceptors (Lipinski definition) is 3. The van der Waals surface area contributed by atoms with Gasteiger partial charge in [0.15, 0.2) is 0 Å². The molecule has 3 aromatic rings. The van der Waals surface area contributed by atoms with E-state index in [0.717, 1.165) is 22.5 Å². The second kappa shape index (κ2) is 6.87. The zero-order valence-corrected chi connectivity index (χ0v) is 13.1. The number of nitrogen functional groups attached to an aromatic ring is 1. The summed E-state index contributed by atoms with van der Waals surface area (Å²) in [4.78, 5) is 12.4. The molecule has 4 heteroatoms. The van der Waals surface area contributed by atoms with Gasteiger partial charge in [0.25, 0.3) is 5.91 Å². The van der Waals surface area contributed by atoms with E-state index in [1.54, 1.807) is 12.1 Å². The number of para-hydroxylation sites is 1. The van der Waals surface area contributed by atoms with Gasteiger partial charge in [-0.25, -0.2) is 0 Å². The molecule has 4 N–H and O–H groups in total. The molecule has 120 valence electrons. The zero-order valence-electron chi connectivity index (χ0n) is 13.1. The van der Waals surface area contributed by atoms with Crippen LogP contribution in [0.25, 0.3) is 0 Å². The molecule has 0 bridgehead atoms. The van der Waals surface area contributed by atoms with Crippen molar-refractivity contribution in [3.8, 4) is 5.75 Å². The Balaban J connectivity index is 1.81. The Hall–Kier alpha value is -3.27. The van der Waals surface area contributed by atoms with Crippen molar-refractivity contribution in [2.75, 3.05) is 11.1 Å². The predicted octanol–water partition coefficient (Wildman–Crippen LogP) is 3.82. The highest BCUT2D eigenvalue weighted by atomic mass is 16.3. The average molecular weight is 318 g/mol. The van der Waals surface area contributed by atoms with Crippen LogP contribution >= 0.6 is 0 Å². The molecule has 0 unspecified atom stereocenters. The van der Waals surface area contributed by atoms with Crippen molar-refractivity contribution in [1.82, 2.24) is 0 Å². The number of hydrogen-bond donors (Lipinski definition) is 3. The summed E-state index contributed by atoms with van der Waals surface area (Å²) in [5.74, 6) is -0.187. The molecular formula is C20H18N2O2. The Kier molecular flexibility index (Phi) is 4.47. The molecule has 0 fully saturated rings.